The largest absolute Gasteiger partial charge is 0.453 e. The molecule has 0 radical (unpaired) electrons. The molecule has 2 aromatic carbocycles. The Hall–Kier alpha value is -2.82. The molecule has 3 rings (SSSR count). The first kappa shape index (κ1) is 19.0. The number of likely N-dealkylation sites (tertiary alicyclic amines) is 1. The minimum Gasteiger partial charge on any atom is -0.453 e. The van der Waals surface area contributed by atoms with Gasteiger partial charge in [-0.05, 0) is 35.4 Å². The molecular weight excluding hydrogens is 340 g/mol. The Labute approximate surface area is 160 Å². The Kier molecular flexibility index (Phi) is 6.47. The maximum absolute atomic E-state index is 12.2. The van der Waals surface area contributed by atoms with E-state index in [-0.39, 0.29) is 12.0 Å². The van der Waals surface area contributed by atoms with Gasteiger partial charge in [-0.2, -0.15) is 0 Å². The molecule has 1 aliphatic rings. The molecule has 1 heterocycles. The van der Waals surface area contributed by atoms with Crippen LogP contribution in [0.15, 0.2) is 54.6 Å². The van der Waals surface area contributed by atoms with Crippen LogP contribution in [0.1, 0.15) is 18.4 Å². The van der Waals surface area contributed by atoms with E-state index >= 15 is 0 Å². The minimum absolute atomic E-state index is 0.0397. The number of rotatable bonds is 5. The van der Waals surface area contributed by atoms with Crippen molar-refractivity contribution < 1.29 is 14.3 Å². The van der Waals surface area contributed by atoms with Crippen molar-refractivity contribution in [3.8, 4) is 11.1 Å². The summed E-state index contributed by atoms with van der Waals surface area (Å²) in [5.41, 5.74) is 3.33. The second-order valence-electron chi connectivity index (χ2n) is 6.94. The Morgan fingerprint density at radius 3 is 2.26 bits per heavy atom. The first-order chi connectivity index (χ1) is 13.2. The zero-order chi connectivity index (χ0) is 19.1. The van der Waals surface area contributed by atoms with Gasteiger partial charge in [0.15, 0.2) is 0 Å². The van der Waals surface area contributed by atoms with Crippen LogP contribution in [0, 0.1) is 5.92 Å². The number of carbonyl (C=O) groups is 2. The first-order valence-electron chi connectivity index (χ1n) is 9.39. The van der Waals surface area contributed by atoms with E-state index in [2.05, 4.69) is 29.6 Å². The summed E-state index contributed by atoms with van der Waals surface area (Å²) < 4.78 is 4.74. The number of hydrogen-bond acceptors (Lipinski definition) is 3. The van der Waals surface area contributed by atoms with Gasteiger partial charge in [-0.25, -0.2) is 4.79 Å². The van der Waals surface area contributed by atoms with Crippen molar-refractivity contribution in [2.75, 3.05) is 26.7 Å². The molecule has 0 bridgehead atoms. The van der Waals surface area contributed by atoms with Crippen LogP contribution in [0.25, 0.3) is 11.1 Å². The molecule has 0 saturated carbocycles. The summed E-state index contributed by atoms with van der Waals surface area (Å²) in [5, 5.41) is 3.03. The van der Waals surface area contributed by atoms with Gasteiger partial charge in [0.1, 0.15) is 0 Å². The van der Waals surface area contributed by atoms with Crippen molar-refractivity contribution >= 4 is 12.0 Å². The van der Waals surface area contributed by atoms with E-state index in [0.717, 1.165) is 24.0 Å². The molecule has 1 N–H and O–H groups in total. The number of amides is 2. The molecule has 2 amide bonds. The smallest absolute Gasteiger partial charge is 0.409 e. The van der Waals surface area contributed by atoms with Crippen molar-refractivity contribution in [2.24, 2.45) is 5.92 Å². The van der Waals surface area contributed by atoms with Gasteiger partial charge in [0.2, 0.25) is 5.91 Å². The molecule has 5 heteroatoms. The molecule has 2 aromatic rings. The van der Waals surface area contributed by atoms with Gasteiger partial charge in [0, 0.05) is 19.6 Å². The lowest BCUT2D eigenvalue weighted by Gasteiger charge is -2.30. The molecule has 0 atom stereocenters. The Morgan fingerprint density at radius 1 is 1.00 bits per heavy atom. The highest BCUT2D eigenvalue weighted by Gasteiger charge is 2.23. The maximum atomic E-state index is 12.2. The first-order valence-corrected chi connectivity index (χ1v) is 9.39. The number of piperidine rings is 1. The van der Waals surface area contributed by atoms with E-state index in [9.17, 15) is 9.59 Å². The number of carbonyl (C=O) groups excluding carboxylic acids is 2. The third-order valence-electron chi connectivity index (χ3n) is 5.06. The summed E-state index contributed by atoms with van der Waals surface area (Å²) in [6, 6.07) is 18.3. The highest BCUT2D eigenvalue weighted by atomic mass is 16.5. The number of hydrogen-bond donors (Lipinski definition) is 1. The van der Waals surface area contributed by atoms with Gasteiger partial charge < -0.3 is 15.0 Å². The van der Waals surface area contributed by atoms with E-state index in [1.54, 1.807) is 4.90 Å². The van der Waals surface area contributed by atoms with Crippen LogP contribution in [0.5, 0.6) is 0 Å². The van der Waals surface area contributed by atoms with Crippen LogP contribution >= 0.6 is 0 Å². The quantitative estimate of drug-likeness (QED) is 0.881. The zero-order valence-corrected chi connectivity index (χ0v) is 15.7. The average molecular weight is 366 g/mol. The van der Waals surface area contributed by atoms with Gasteiger partial charge in [-0.15, -0.1) is 0 Å². The molecule has 1 aliphatic heterocycles. The van der Waals surface area contributed by atoms with Crippen LogP contribution in [-0.2, 0) is 16.0 Å². The fourth-order valence-corrected chi connectivity index (χ4v) is 3.40. The Balaban J connectivity index is 1.43. The summed E-state index contributed by atoms with van der Waals surface area (Å²) >= 11 is 0. The number of methoxy groups -OCH3 is 1. The SMILES string of the molecule is COC(=O)N1CCC(CNC(=O)Cc2ccc(-c3ccccc3)cc2)CC1. The number of nitrogens with zero attached hydrogens (tertiary/aromatic N) is 1. The lowest BCUT2D eigenvalue weighted by Crippen LogP contribution is -2.41. The standard InChI is InChI=1S/C22H26N2O3/c1-27-22(26)24-13-11-18(12-14-24)16-23-21(25)15-17-7-9-20(10-8-17)19-5-3-2-4-6-19/h2-10,18H,11-16H2,1H3,(H,23,25). The average Bonchev–Trinajstić information content (AvgIpc) is 2.73. The summed E-state index contributed by atoms with van der Waals surface area (Å²) in [6.45, 7) is 2.04. The number of nitrogens with one attached hydrogen (secondary N) is 1. The Bertz CT molecular complexity index is 751. The van der Waals surface area contributed by atoms with Crippen molar-refractivity contribution in [2.45, 2.75) is 19.3 Å². The fraction of sp³-hybridized carbons (Fsp3) is 0.364. The topological polar surface area (TPSA) is 58.6 Å². The second-order valence-corrected chi connectivity index (χ2v) is 6.94. The molecule has 142 valence electrons. The summed E-state index contributed by atoms with van der Waals surface area (Å²) in [4.78, 5) is 25.4. The van der Waals surface area contributed by atoms with E-state index < -0.39 is 0 Å². The Morgan fingerprint density at radius 2 is 1.63 bits per heavy atom. The molecule has 27 heavy (non-hydrogen) atoms. The molecule has 0 unspecified atom stereocenters. The normalized spacial score (nSPS) is 14.6. The summed E-state index contributed by atoms with van der Waals surface area (Å²) in [7, 11) is 1.40. The van der Waals surface area contributed by atoms with E-state index in [1.807, 2.05) is 30.3 Å². The highest BCUT2D eigenvalue weighted by Crippen LogP contribution is 2.20. The van der Waals surface area contributed by atoms with Crippen LogP contribution in [0.3, 0.4) is 0 Å². The van der Waals surface area contributed by atoms with Gasteiger partial charge in [-0.1, -0.05) is 54.6 Å². The van der Waals surface area contributed by atoms with Crippen LogP contribution < -0.4 is 5.32 Å². The minimum atomic E-state index is -0.267. The van der Waals surface area contributed by atoms with Crippen molar-refractivity contribution in [1.82, 2.24) is 10.2 Å². The lowest BCUT2D eigenvalue weighted by molar-refractivity contribution is -0.120. The predicted octanol–water partition coefficient (Wildman–Crippen LogP) is 3.49. The summed E-state index contributed by atoms with van der Waals surface area (Å²) in [5.74, 6) is 0.452. The molecule has 5 nitrogen and oxygen atoms in total. The van der Waals surface area contributed by atoms with Gasteiger partial charge in [-0.3, -0.25) is 4.79 Å². The van der Waals surface area contributed by atoms with E-state index in [1.165, 1.54) is 12.7 Å². The predicted molar refractivity (Wildman–Crippen MR) is 105 cm³/mol. The molecular formula is C22H26N2O3. The fourth-order valence-electron chi connectivity index (χ4n) is 3.40. The van der Waals surface area contributed by atoms with E-state index in [4.69, 9.17) is 4.74 Å². The van der Waals surface area contributed by atoms with E-state index in [0.29, 0.717) is 32.0 Å². The van der Waals surface area contributed by atoms with Crippen LogP contribution in [-0.4, -0.2) is 43.6 Å². The lowest BCUT2D eigenvalue weighted by atomic mass is 9.97. The third-order valence-corrected chi connectivity index (χ3v) is 5.06. The second kappa shape index (κ2) is 9.21. The summed E-state index contributed by atoms with van der Waals surface area (Å²) in [6.07, 6.45) is 1.90. The third kappa shape index (κ3) is 5.33. The molecule has 0 aliphatic carbocycles. The van der Waals surface area contributed by atoms with Gasteiger partial charge in [0.25, 0.3) is 0 Å². The molecule has 0 aromatic heterocycles. The molecule has 1 fully saturated rings. The van der Waals surface area contributed by atoms with Crippen molar-refractivity contribution in [3.05, 3.63) is 60.2 Å². The number of ether oxygens (including phenoxy) is 1. The van der Waals surface area contributed by atoms with Crippen LogP contribution in [0.2, 0.25) is 0 Å². The zero-order valence-electron chi connectivity index (χ0n) is 15.7. The van der Waals surface area contributed by atoms with Crippen molar-refractivity contribution in [3.63, 3.8) is 0 Å². The van der Waals surface area contributed by atoms with Crippen molar-refractivity contribution in [1.29, 1.82) is 0 Å². The maximum Gasteiger partial charge on any atom is 0.409 e. The monoisotopic (exact) mass is 366 g/mol. The highest BCUT2D eigenvalue weighted by molar-refractivity contribution is 5.78. The van der Waals surface area contributed by atoms with Gasteiger partial charge >= 0.3 is 6.09 Å². The number of benzene rings is 2. The van der Waals surface area contributed by atoms with Crippen LogP contribution in [0.4, 0.5) is 4.79 Å². The van der Waals surface area contributed by atoms with Gasteiger partial charge in [0.05, 0.1) is 13.5 Å². The molecule has 0 spiro atoms. The molecule has 1 saturated heterocycles.